The van der Waals surface area contributed by atoms with E-state index in [1.54, 1.807) is 4.90 Å². The second-order valence-corrected chi connectivity index (χ2v) is 5.74. The monoisotopic (exact) mass is 266 g/mol. The number of hydrogen-bond donors (Lipinski definition) is 2. The predicted octanol–water partition coefficient (Wildman–Crippen LogP) is -0.271. The van der Waals surface area contributed by atoms with E-state index < -0.39 is 5.97 Å². The van der Waals surface area contributed by atoms with Crippen LogP contribution in [0, 0.1) is 11.8 Å². The number of likely N-dealkylation sites (tertiary alicyclic amines) is 1. The van der Waals surface area contributed by atoms with Crippen molar-refractivity contribution < 1.29 is 14.7 Å². The first kappa shape index (κ1) is 14.4. The Morgan fingerprint density at radius 3 is 2.74 bits per heavy atom. The fourth-order valence-electron chi connectivity index (χ4n) is 3.21. The number of carbonyl (C=O) groups is 2. The molecule has 2 saturated heterocycles. The van der Waals surface area contributed by atoms with E-state index >= 15 is 0 Å². The second-order valence-electron chi connectivity index (χ2n) is 5.74. The Balaban J connectivity index is 1.96. The summed E-state index contributed by atoms with van der Waals surface area (Å²) >= 11 is 0. The highest BCUT2D eigenvalue weighted by Gasteiger charge is 2.40. The van der Waals surface area contributed by atoms with Crippen molar-refractivity contribution in [2.45, 2.75) is 38.0 Å². The van der Waals surface area contributed by atoms with Gasteiger partial charge in [0.2, 0.25) is 5.91 Å². The molecule has 1 unspecified atom stereocenters. The van der Waals surface area contributed by atoms with Gasteiger partial charge in [0.25, 0.3) is 0 Å². The van der Waals surface area contributed by atoms with Crippen molar-refractivity contribution in [1.29, 1.82) is 0 Å². The predicted molar refractivity (Wildman–Crippen MR) is 74.8 cm³/mol. The molecule has 2 N–H and O–H groups in total. The van der Waals surface area contributed by atoms with Crippen molar-refractivity contribution in [3.8, 4) is 0 Å². The van der Waals surface area contributed by atoms with Gasteiger partial charge in [0, 0.05) is 13.1 Å². The van der Waals surface area contributed by atoms with E-state index in [0.29, 0.717) is 13.1 Å². The number of rotatable bonds is 5. The fraction of sp³-hybridized carbons (Fsp3) is 0.846. The van der Waals surface area contributed by atoms with E-state index in [1.165, 1.54) is 0 Å². The molecule has 0 aromatic carbocycles. The van der Waals surface area contributed by atoms with Crippen LogP contribution in [-0.4, -0.2) is 55.4 Å². The first-order valence-corrected chi connectivity index (χ1v) is 7.38. The maximum absolute atomic E-state index is 12.3. The van der Waals surface area contributed by atoms with Gasteiger partial charge in [-0.2, -0.15) is 0 Å². The minimum absolute atomic E-state index is 0.0839. The van der Waals surface area contributed by atoms with Crippen LogP contribution in [-0.2, 0) is 9.59 Å². The number of carboxylic acids is 1. The van der Waals surface area contributed by atoms with Crippen LogP contribution in [0.5, 0.6) is 0 Å². The topological polar surface area (TPSA) is 69.6 Å². The maximum Gasteiger partial charge on any atom is 0.308 e. The van der Waals surface area contributed by atoms with Crippen LogP contribution in [0.4, 0.5) is 0 Å². The summed E-state index contributed by atoms with van der Waals surface area (Å²) in [7, 11) is 2.11. The third-order valence-corrected chi connectivity index (χ3v) is 4.36. The highest BCUT2D eigenvalue weighted by molar-refractivity contribution is 6.08. The molecule has 1 amide bonds. The number of hydrogen-bond acceptors (Lipinski definition) is 3. The van der Waals surface area contributed by atoms with Crippen LogP contribution in [0.2, 0.25) is 6.32 Å². The van der Waals surface area contributed by atoms with Crippen molar-refractivity contribution in [3.05, 3.63) is 0 Å². The molecular formula is C13H23BN2O3. The number of amides is 1. The molecule has 2 rings (SSSR count). The quantitative estimate of drug-likeness (QED) is 0.672. The van der Waals surface area contributed by atoms with Crippen LogP contribution < -0.4 is 5.32 Å². The summed E-state index contributed by atoms with van der Waals surface area (Å²) in [6, 6.07) is -0.0839. The molecule has 0 saturated carbocycles. The van der Waals surface area contributed by atoms with Crippen molar-refractivity contribution >= 4 is 19.7 Å². The van der Waals surface area contributed by atoms with Crippen molar-refractivity contribution in [2.24, 2.45) is 11.8 Å². The Morgan fingerprint density at radius 2 is 2.16 bits per heavy atom. The van der Waals surface area contributed by atoms with Gasteiger partial charge in [-0.05, 0) is 31.7 Å². The fourth-order valence-corrected chi connectivity index (χ4v) is 3.21. The molecule has 2 aliphatic rings. The van der Waals surface area contributed by atoms with Crippen molar-refractivity contribution in [1.82, 2.24) is 10.2 Å². The highest BCUT2D eigenvalue weighted by Crippen LogP contribution is 2.29. The highest BCUT2D eigenvalue weighted by atomic mass is 16.4. The van der Waals surface area contributed by atoms with Gasteiger partial charge in [-0.1, -0.05) is 12.7 Å². The number of carbonyl (C=O) groups excluding carboxylic acids is 1. The first-order chi connectivity index (χ1) is 9.13. The molecular weight excluding hydrogens is 243 g/mol. The lowest BCUT2D eigenvalue weighted by Crippen LogP contribution is -2.42. The lowest BCUT2D eigenvalue weighted by atomic mass is 9.88. The molecule has 2 aliphatic heterocycles. The summed E-state index contributed by atoms with van der Waals surface area (Å²) < 4.78 is 0. The second kappa shape index (κ2) is 6.41. The van der Waals surface area contributed by atoms with Gasteiger partial charge in [-0.3, -0.25) is 9.59 Å². The van der Waals surface area contributed by atoms with Gasteiger partial charge in [0.05, 0.1) is 12.0 Å². The van der Waals surface area contributed by atoms with Gasteiger partial charge in [0.15, 0.2) is 0 Å². The van der Waals surface area contributed by atoms with Crippen LogP contribution in [0.15, 0.2) is 0 Å². The number of nitrogens with one attached hydrogen (secondary N) is 1. The van der Waals surface area contributed by atoms with Crippen molar-refractivity contribution in [3.63, 3.8) is 0 Å². The summed E-state index contributed by atoms with van der Waals surface area (Å²) in [5, 5.41) is 12.5. The van der Waals surface area contributed by atoms with Gasteiger partial charge < -0.3 is 15.3 Å². The third-order valence-electron chi connectivity index (χ3n) is 4.36. The molecule has 0 bridgehead atoms. The first-order valence-electron chi connectivity index (χ1n) is 7.38. The molecule has 19 heavy (non-hydrogen) atoms. The molecule has 2 heterocycles. The Hall–Kier alpha value is -1.04. The largest absolute Gasteiger partial charge is 0.481 e. The average molecular weight is 266 g/mol. The van der Waals surface area contributed by atoms with E-state index in [1.807, 2.05) is 0 Å². The molecule has 106 valence electrons. The maximum atomic E-state index is 12.3. The minimum atomic E-state index is -0.754. The van der Waals surface area contributed by atoms with E-state index in [9.17, 15) is 14.7 Å². The summed E-state index contributed by atoms with van der Waals surface area (Å²) in [6.07, 6.45) is 4.94. The van der Waals surface area contributed by atoms with Crippen LogP contribution in [0.3, 0.4) is 0 Å². The minimum Gasteiger partial charge on any atom is -0.481 e. The van der Waals surface area contributed by atoms with Gasteiger partial charge >= 0.3 is 5.97 Å². The zero-order valence-corrected chi connectivity index (χ0v) is 11.6. The zero-order chi connectivity index (χ0) is 13.8. The Kier molecular flexibility index (Phi) is 4.85. The molecule has 0 spiro atoms. The Labute approximate surface area is 115 Å². The summed E-state index contributed by atoms with van der Waals surface area (Å²) in [5.74, 6) is -0.904. The third kappa shape index (κ3) is 3.29. The van der Waals surface area contributed by atoms with Crippen LogP contribution in [0.25, 0.3) is 0 Å². The summed E-state index contributed by atoms with van der Waals surface area (Å²) in [5.41, 5.74) is 0. The Bertz CT molecular complexity index is 345. The van der Waals surface area contributed by atoms with E-state index in [4.69, 9.17) is 0 Å². The Morgan fingerprint density at radius 1 is 1.37 bits per heavy atom. The summed E-state index contributed by atoms with van der Waals surface area (Å²) in [6.45, 7) is 1.90. The lowest BCUT2D eigenvalue weighted by molar-refractivity contribution is -0.142. The molecule has 5 nitrogen and oxygen atoms in total. The number of aliphatic carboxylic acids is 1. The van der Waals surface area contributed by atoms with Gasteiger partial charge in [0.1, 0.15) is 7.85 Å². The average Bonchev–Trinajstić information content (AvgIpc) is 3.04. The number of nitrogens with zero attached hydrogens (tertiary/aromatic N) is 1. The molecule has 2 fully saturated rings. The van der Waals surface area contributed by atoms with E-state index in [2.05, 4.69) is 13.2 Å². The zero-order valence-electron chi connectivity index (χ0n) is 11.6. The van der Waals surface area contributed by atoms with Crippen LogP contribution >= 0.6 is 0 Å². The SMILES string of the molecule is BCCC[C@H]1CN(C(=O)C2CCCN2)C[C@H]1C(=O)O. The summed E-state index contributed by atoms with van der Waals surface area (Å²) in [4.78, 5) is 25.4. The molecule has 0 radical (unpaired) electrons. The molecule has 3 atom stereocenters. The molecule has 6 heteroatoms. The number of carboxylic acid groups (broad SMARTS) is 1. The van der Waals surface area contributed by atoms with Gasteiger partial charge in [-0.25, -0.2) is 0 Å². The van der Waals surface area contributed by atoms with Crippen molar-refractivity contribution in [2.75, 3.05) is 19.6 Å². The smallest absolute Gasteiger partial charge is 0.308 e. The molecule has 0 aromatic heterocycles. The molecule has 0 aromatic rings. The van der Waals surface area contributed by atoms with Crippen LogP contribution in [0.1, 0.15) is 25.7 Å². The normalized spacial score (nSPS) is 30.7. The van der Waals surface area contributed by atoms with E-state index in [-0.39, 0.29) is 23.8 Å². The molecule has 0 aliphatic carbocycles. The standard InChI is InChI=1S/C13H23BN2O3/c14-5-1-3-9-7-16(8-10(9)13(18)19)12(17)11-4-2-6-15-11/h9-11,15H,1-8,14H2,(H,18,19)/t9-,10+,11?/m0/s1. The lowest BCUT2D eigenvalue weighted by Gasteiger charge is -2.20. The van der Waals surface area contributed by atoms with Gasteiger partial charge in [-0.15, -0.1) is 0 Å². The van der Waals surface area contributed by atoms with E-state index in [0.717, 1.165) is 38.5 Å².